The number of carbonyl (C=O) groups is 2. The number of nitrogens with one attached hydrogen (secondary N) is 1. The maximum Gasteiger partial charge on any atom is 0.273 e. The Kier molecular flexibility index (Phi) is 7.65. The summed E-state index contributed by atoms with van der Waals surface area (Å²) in [6, 6.07) is 11.1. The number of imidazole rings is 1. The number of morpholine rings is 1. The molecule has 11 heteroatoms. The van der Waals surface area contributed by atoms with Gasteiger partial charge in [-0.25, -0.2) is 4.98 Å². The first-order valence-corrected chi connectivity index (χ1v) is 13.6. The van der Waals surface area contributed by atoms with E-state index < -0.39 is 0 Å². The summed E-state index contributed by atoms with van der Waals surface area (Å²) >= 11 is 3.00. The van der Waals surface area contributed by atoms with Gasteiger partial charge >= 0.3 is 0 Å². The number of aromatic nitrogens is 2. The second-order valence-corrected chi connectivity index (χ2v) is 10.1. The van der Waals surface area contributed by atoms with Gasteiger partial charge in [-0.3, -0.25) is 19.0 Å². The molecule has 3 N–H and O–H groups in total. The molecule has 5 rings (SSSR count). The molecule has 2 amide bonds. The van der Waals surface area contributed by atoms with Gasteiger partial charge in [0.25, 0.3) is 11.8 Å². The smallest absolute Gasteiger partial charge is 0.273 e. The lowest BCUT2D eigenvalue weighted by Gasteiger charge is -2.26. The molecule has 4 heterocycles. The zero-order valence-corrected chi connectivity index (χ0v) is 21.7. The van der Waals surface area contributed by atoms with Crippen LogP contribution in [0.2, 0.25) is 0 Å². The predicted molar refractivity (Wildman–Crippen MR) is 147 cm³/mol. The Bertz CT molecular complexity index is 1440. The maximum atomic E-state index is 13.6. The summed E-state index contributed by atoms with van der Waals surface area (Å²) in [5.41, 5.74) is 10.0. The van der Waals surface area contributed by atoms with Crippen LogP contribution in [0.3, 0.4) is 0 Å². The Morgan fingerprint density at radius 2 is 2.08 bits per heavy atom. The van der Waals surface area contributed by atoms with Gasteiger partial charge in [-0.1, -0.05) is 6.07 Å². The lowest BCUT2D eigenvalue weighted by molar-refractivity contribution is 0.0299. The van der Waals surface area contributed by atoms with Gasteiger partial charge in [-0.05, 0) is 48.0 Å². The fourth-order valence-corrected chi connectivity index (χ4v) is 5.58. The molecule has 0 radical (unpaired) electrons. The minimum absolute atomic E-state index is 0.129. The third-order valence-electron chi connectivity index (χ3n) is 6.08. The maximum absolute atomic E-state index is 13.6. The molecule has 0 aliphatic carbocycles. The molecule has 0 bridgehead atoms. The normalized spacial score (nSPS) is 13.6. The Balaban J connectivity index is 1.47. The van der Waals surface area contributed by atoms with Crippen molar-refractivity contribution in [2.45, 2.75) is 11.4 Å². The molecule has 9 nitrogen and oxygen atoms in total. The molecule has 0 saturated carbocycles. The quantitative estimate of drug-likeness (QED) is 0.202. The van der Waals surface area contributed by atoms with Crippen LogP contribution < -0.4 is 11.1 Å². The fourth-order valence-electron chi connectivity index (χ4n) is 4.25. The van der Waals surface area contributed by atoms with E-state index in [0.29, 0.717) is 61.3 Å². The second kappa shape index (κ2) is 11.3. The van der Waals surface area contributed by atoms with Gasteiger partial charge in [0, 0.05) is 47.5 Å². The van der Waals surface area contributed by atoms with Crippen molar-refractivity contribution >= 4 is 53.0 Å². The van der Waals surface area contributed by atoms with Crippen LogP contribution >= 0.6 is 23.1 Å². The van der Waals surface area contributed by atoms with Crippen LogP contribution in [0.5, 0.6) is 0 Å². The summed E-state index contributed by atoms with van der Waals surface area (Å²) < 4.78 is 7.14. The van der Waals surface area contributed by atoms with E-state index >= 15 is 0 Å². The van der Waals surface area contributed by atoms with Crippen LogP contribution in [0.1, 0.15) is 26.4 Å². The number of thiophene rings is 1. The Morgan fingerprint density at radius 3 is 2.81 bits per heavy atom. The van der Waals surface area contributed by atoms with Crippen LogP contribution in [0, 0.1) is 0 Å². The van der Waals surface area contributed by atoms with Crippen molar-refractivity contribution in [2.24, 2.45) is 10.7 Å². The lowest BCUT2D eigenvalue weighted by Crippen LogP contribution is -2.41. The van der Waals surface area contributed by atoms with E-state index in [2.05, 4.69) is 17.0 Å². The van der Waals surface area contributed by atoms with Crippen molar-refractivity contribution in [3.8, 4) is 11.3 Å². The molecule has 1 saturated heterocycles. The first-order valence-electron chi connectivity index (χ1n) is 11.7. The van der Waals surface area contributed by atoms with E-state index in [1.165, 1.54) is 23.1 Å². The van der Waals surface area contributed by atoms with Crippen molar-refractivity contribution in [1.29, 1.82) is 0 Å². The van der Waals surface area contributed by atoms with Crippen molar-refractivity contribution in [1.82, 2.24) is 19.6 Å². The minimum Gasteiger partial charge on any atom is -0.378 e. The molecule has 0 spiro atoms. The van der Waals surface area contributed by atoms with Gasteiger partial charge in [0.2, 0.25) is 0 Å². The third-order valence-corrected chi connectivity index (χ3v) is 7.56. The van der Waals surface area contributed by atoms with Crippen molar-refractivity contribution in [3.05, 3.63) is 70.2 Å². The number of pyridine rings is 1. The standard InChI is InChI=1S/C26H26N6O3S2/c1-28-20-5-4-17(13-21(20)37-16-27)14-29-25(33)19-3-2-7-32-23(26(34)31-8-10-35-11-9-31)22(30-24(19)32)18-6-12-36-15-18/h2-7,12-13,15H,1,8-11,14,16,27H2,(H,29,33). The van der Waals surface area contributed by atoms with Crippen LogP contribution in [0.15, 0.2) is 63.2 Å². The minimum atomic E-state index is -0.281. The summed E-state index contributed by atoms with van der Waals surface area (Å²) in [4.78, 5) is 38.4. The molecule has 1 fully saturated rings. The van der Waals surface area contributed by atoms with E-state index in [0.717, 1.165) is 21.7 Å². The van der Waals surface area contributed by atoms with Gasteiger partial charge < -0.3 is 20.7 Å². The number of aliphatic imine (C=N–C) groups is 1. The van der Waals surface area contributed by atoms with Crippen LogP contribution in [-0.4, -0.2) is 65.0 Å². The summed E-state index contributed by atoms with van der Waals surface area (Å²) in [6.45, 7) is 5.94. The molecule has 37 heavy (non-hydrogen) atoms. The van der Waals surface area contributed by atoms with Crippen molar-refractivity contribution < 1.29 is 14.3 Å². The van der Waals surface area contributed by atoms with Crippen molar-refractivity contribution in [2.75, 3.05) is 32.2 Å². The lowest BCUT2D eigenvalue weighted by atomic mass is 10.2. The third kappa shape index (κ3) is 5.16. The molecular weight excluding hydrogens is 508 g/mol. The zero-order chi connectivity index (χ0) is 25.8. The summed E-state index contributed by atoms with van der Waals surface area (Å²) in [5, 5.41) is 6.88. The molecule has 190 valence electrons. The fraction of sp³-hybridized carbons (Fsp3) is 0.231. The highest BCUT2D eigenvalue weighted by molar-refractivity contribution is 7.99. The summed E-state index contributed by atoms with van der Waals surface area (Å²) in [6.07, 6.45) is 1.78. The summed E-state index contributed by atoms with van der Waals surface area (Å²) in [7, 11) is 0. The van der Waals surface area contributed by atoms with Crippen LogP contribution in [0.4, 0.5) is 5.69 Å². The first kappa shape index (κ1) is 25.2. The first-order chi connectivity index (χ1) is 18.1. The highest BCUT2D eigenvalue weighted by atomic mass is 32.2. The van der Waals surface area contributed by atoms with E-state index in [4.69, 9.17) is 15.5 Å². The van der Waals surface area contributed by atoms with E-state index in [1.54, 1.807) is 27.6 Å². The number of fused-ring (bicyclic) bond motifs is 1. The number of nitrogens with two attached hydrogens (primary N) is 1. The largest absolute Gasteiger partial charge is 0.378 e. The second-order valence-electron chi connectivity index (χ2n) is 8.29. The average molecular weight is 535 g/mol. The van der Waals surface area contributed by atoms with E-state index in [1.807, 2.05) is 35.0 Å². The van der Waals surface area contributed by atoms with Crippen molar-refractivity contribution in [3.63, 3.8) is 0 Å². The van der Waals surface area contributed by atoms with Crippen LogP contribution in [-0.2, 0) is 11.3 Å². The van der Waals surface area contributed by atoms with Gasteiger partial charge in [-0.15, -0.1) is 11.8 Å². The molecular formula is C26H26N6O3S2. The number of carbonyl (C=O) groups excluding carboxylic acids is 2. The number of rotatable bonds is 8. The topological polar surface area (TPSA) is 114 Å². The Hall–Kier alpha value is -3.51. The number of benzene rings is 1. The molecule has 1 aromatic carbocycles. The number of hydrogen-bond acceptors (Lipinski definition) is 8. The van der Waals surface area contributed by atoms with E-state index in [9.17, 15) is 9.59 Å². The Labute approximate surface area is 222 Å². The number of ether oxygens (including phenoxy) is 1. The van der Waals surface area contributed by atoms with E-state index in [-0.39, 0.29) is 11.8 Å². The van der Waals surface area contributed by atoms with Gasteiger partial charge in [-0.2, -0.15) is 11.3 Å². The van der Waals surface area contributed by atoms with Gasteiger partial charge in [0.05, 0.1) is 24.5 Å². The SMILES string of the molecule is C=Nc1ccc(CNC(=O)c2cccn3c(C(=O)N4CCOCC4)c(-c4ccsc4)nc23)cc1SCN. The number of nitrogens with zero attached hydrogens (tertiary/aromatic N) is 4. The Morgan fingerprint density at radius 1 is 1.24 bits per heavy atom. The average Bonchev–Trinajstić information content (AvgIpc) is 3.60. The number of amides is 2. The number of thioether (sulfide) groups is 1. The molecule has 0 atom stereocenters. The van der Waals surface area contributed by atoms with Crippen LogP contribution in [0.25, 0.3) is 16.9 Å². The van der Waals surface area contributed by atoms with Gasteiger partial charge in [0.15, 0.2) is 5.65 Å². The van der Waals surface area contributed by atoms with Gasteiger partial charge in [0.1, 0.15) is 11.4 Å². The molecule has 0 unspecified atom stereocenters. The highest BCUT2D eigenvalue weighted by Gasteiger charge is 2.28. The molecule has 1 aliphatic heterocycles. The highest BCUT2D eigenvalue weighted by Crippen LogP contribution is 2.30. The molecule has 1 aliphatic rings. The summed E-state index contributed by atoms with van der Waals surface area (Å²) in [5.74, 6) is 0.00486. The number of hydrogen-bond donors (Lipinski definition) is 2. The monoisotopic (exact) mass is 534 g/mol. The molecule has 3 aromatic heterocycles. The zero-order valence-electron chi connectivity index (χ0n) is 20.1. The molecule has 4 aromatic rings. The predicted octanol–water partition coefficient (Wildman–Crippen LogP) is 3.81.